The van der Waals surface area contributed by atoms with Crippen molar-refractivity contribution in [3.63, 3.8) is 0 Å². The first-order valence-electron chi connectivity index (χ1n) is 9.79. The normalized spacial score (nSPS) is 14.8. The van der Waals surface area contributed by atoms with Crippen molar-refractivity contribution in [2.24, 2.45) is 0 Å². The van der Waals surface area contributed by atoms with Gasteiger partial charge in [0.05, 0.1) is 13.0 Å². The lowest BCUT2D eigenvalue weighted by atomic mass is 10.2. The fourth-order valence-corrected chi connectivity index (χ4v) is 3.30. The van der Waals surface area contributed by atoms with Gasteiger partial charge in [-0.15, -0.1) is 0 Å². The van der Waals surface area contributed by atoms with Crippen LogP contribution in [0.1, 0.15) is 19.8 Å². The van der Waals surface area contributed by atoms with Crippen molar-refractivity contribution in [1.82, 2.24) is 4.90 Å². The summed E-state index contributed by atoms with van der Waals surface area (Å²) in [7, 11) is 0. The van der Waals surface area contributed by atoms with Gasteiger partial charge in [0.2, 0.25) is 5.91 Å². The molecule has 1 amide bonds. The van der Waals surface area contributed by atoms with Gasteiger partial charge in [-0.05, 0) is 49.4 Å². The zero-order valence-electron chi connectivity index (χ0n) is 16.1. The summed E-state index contributed by atoms with van der Waals surface area (Å²) in [6, 6.07) is 17.7. The Hall–Kier alpha value is -2.53. The minimum atomic E-state index is -0.0353. The summed E-state index contributed by atoms with van der Waals surface area (Å²) in [6.45, 7) is 8.14. The quantitative estimate of drug-likeness (QED) is 0.774. The Morgan fingerprint density at radius 2 is 1.70 bits per heavy atom. The highest BCUT2D eigenvalue weighted by atomic mass is 16.5. The maximum Gasteiger partial charge on any atom is 0.227 e. The van der Waals surface area contributed by atoms with E-state index in [0.717, 1.165) is 37.6 Å². The first-order valence-corrected chi connectivity index (χ1v) is 9.79. The highest BCUT2D eigenvalue weighted by molar-refractivity contribution is 5.90. The number of anilines is 2. The molecule has 0 bridgehead atoms. The van der Waals surface area contributed by atoms with E-state index in [4.69, 9.17) is 4.74 Å². The number of ether oxygens (including phenoxy) is 1. The third kappa shape index (κ3) is 6.00. The Labute approximate surface area is 161 Å². The summed E-state index contributed by atoms with van der Waals surface area (Å²) < 4.78 is 5.57. The van der Waals surface area contributed by atoms with Gasteiger partial charge in [0.15, 0.2) is 0 Å². The molecule has 5 heteroatoms. The highest BCUT2D eigenvalue weighted by Gasteiger charge is 2.16. The topological polar surface area (TPSA) is 44.8 Å². The lowest BCUT2D eigenvalue weighted by molar-refractivity contribution is -0.116. The van der Waals surface area contributed by atoms with Crippen molar-refractivity contribution in [3.8, 4) is 5.75 Å². The van der Waals surface area contributed by atoms with Crippen LogP contribution in [0.15, 0.2) is 54.6 Å². The number of hydrogen-bond donors (Lipinski definition) is 1. The molecule has 144 valence electrons. The maximum atomic E-state index is 12.1. The molecule has 2 aromatic rings. The molecule has 5 nitrogen and oxygen atoms in total. The van der Waals surface area contributed by atoms with E-state index in [1.807, 2.05) is 42.5 Å². The van der Waals surface area contributed by atoms with Crippen LogP contribution in [-0.4, -0.2) is 50.1 Å². The number of para-hydroxylation sites is 1. The van der Waals surface area contributed by atoms with Crippen LogP contribution in [0.4, 0.5) is 11.4 Å². The van der Waals surface area contributed by atoms with E-state index in [1.165, 1.54) is 18.7 Å². The van der Waals surface area contributed by atoms with Crippen molar-refractivity contribution >= 4 is 17.3 Å². The van der Waals surface area contributed by atoms with Crippen LogP contribution in [0.2, 0.25) is 0 Å². The van der Waals surface area contributed by atoms with E-state index < -0.39 is 0 Å². The predicted molar refractivity (Wildman–Crippen MR) is 111 cm³/mol. The van der Waals surface area contributed by atoms with Gasteiger partial charge in [-0.2, -0.15) is 0 Å². The number of carbonyl (C=O) groups excluding carboxylic acids is 1. The number of nitrogens with one attached hydrogen (secondary N) is 1. The van der Waals surface area contributed by atoms with E-state index in [1.54, 1.807) is 0 Å². The second kappa shape index (κ2) is 9.97. The molecule has 27 heavy (non-hydrogen) atoms. The van der Waals surface area contributed by atoms with E-state index in [0.29, 0.717) is 13.0 Å². The standard InChI is InChI=1S/C22H29N3O2/c1-2-13-24-14-16-25(17-15-24)20-10-8-19(9-11-20)23-22(26)12-18-27-21-6-4-3-5-7-21/h3-11H,2,12-18H2,1H3,(H,23,26). The van der Waals surface area contributed by atoms with Gasteiger partial charge in [0.25, 0.3) is 0 Å². The molecule has 3 rings (SSSR count). The Balaban J connectivity index is 1.41. The molecule has 2 aromatic carbocycles. The van der Waals surface area contributed by atoms with E-state index in [9.17, 15) is 4.79 Å². The molecular weight excluding hydrogens is 338 g/mol. The van der Waals surface area contributed by atoms with E-state index >= 15 is 0 Å². The number of amides is 1. The lowest BCUT2D eigenvalue weighted by Crippen LogP contribution is -2.46. The van der Waals surface area contributed by atoms with Gasteiger partial charge >= 0.3 is 0 Å². The van der Waals surface area contributed by atoms with Gasteiger partial charge in [0.1, 0.15) is 5.75 Å². The van der Waals surface area contributed by atoms with Crippen LogP contribution in [0, 0.1) is 0 Å². The van der Waals surface area contributed by atoms with Crippen molar-refractivity contribution in [3.05, 3.63) is 54.6 Å². The number of benzene rings is 2. The summed E-state index contributed by atoms with van der Waals surface area (Å²) in [4.78, 5) is 17.0. The summed E-state index contributed by atoms with van der Waals surface area (Å²) in [6.07, 6.45) is 1.54. The molecule has 0 aromatic heterocycles. The van der Waals surface area contributed by atoms with Gasteiger partial charge < -0.3 is 15.0 Å². The van der Waals surface area contributed by atoms with Crippen molar-refractivity contribution in [2.75, 3.05) is 49.5 Å². The second-order valence-corrected chi connectivity index (χ2v) is 6.84. The van der Waals surface area contributed by atoms with Crippen LogP contribution in [-0.2, 0) is 4.79 Å². The molecule has 1 fully saturated rings. The Kier molecular flexibility index (Phi) is 7.11. The second-order valence-electron chi connectivity index (χ2n) is 6.84. The minimum Gasteiger partial charge on any atom is -0.493 e. The Bertz CT molecular complexity index is 695. The Morgan fingerprint density at radius 1 is 1.00 bits per heavy atom. The molecule has 0 spiro atoms. The van der Waals surface area contributed by atoms with Gasteiger partial charge in [-0.25, -0.2) is 0 Å². The first kappa shape index (κ1) is 19.2. The molecule has 1 aliphatic heterocycles. The summed E-state index contributed by atoms with van der Waals surface area (Å²) in [5, 5.41) is 2.94. The fourth-order valence-electron chi connectivity index (χ4n) is 3.30. The van der Waals surface area contributed by atoms with Gasteiger partial charge in [-0.3, -0.25) is 9.69 Å². The fraction of sp³-hybridized carbons (Fsp3) is 0.409. The minimum absolute atomic E-state index is 0.0353. The molecule has 1 saturated heterocycles. The molecule has 1 heterocycles. The third-order valence-electron chi connectivity index (χ3n) is 4.77. The van der Waals surface area contributed by atoms with Crippen LogP contribution < -0.4 is 15.0 Å². The molecule has 1 aliphatic rings. The van der Waals surface area contributed by atoms with Crippen LogP contribution in [0.5, 0.6) is 5.75 Å². The molecule has 0 atom stereocenters. The number of hydrogen-bond acceptors (Lipinski definition) is 4. The smallest absolute Gasteiger partial charge is 0.227 e. The predicted octanol–water partition coefficient (Wildman–Crippen LogP) is 3.63. The van der Waals surface area contributed by atoms with E-state index in [-0.39, 0.29) is 5.91 Å². The molecule has 0 aliphatic carbocycles. The highest BCUT2D eigenvalue weighted by Crippen LogP contribution is 2.20. The first-order chi connectivity index (χ1) is 13.2. The maximum absolute atomic E-state index is 12.1. The Morgan fingerprint density at radius 3 is 2.37 bits per heavy atom. The monoisotopic (exact) mass is 367 g/mol. The van der Waals surface area contributed by atoms with Crippen LogP contribution >= 0.6 is 0 Å². The van der Waals surface area contributed by atoms with Gasteiger partial charge in [0, 0.05) is 37.6 Å². The van der Waals surface area contributed by atoms with Crippen molar-refractivity contribution in [1.29, 1.82) is 0 Å². The number of piperazine rings is 1. The molecular formula is C22H29N3O2. The van der Waals surface area contributed by atoms with E-state index in [2.05, 4.69) is 34.2 Å². The average molecular weight is 367 g/mol. The SMILES string of the molecule is CCCN1CCN(c2ccc(NC(=O)CCOc3ccccc3)cc2)CC1. The largest absolute Gasteiger partial charge is 0.493 e. The third-order valence-corrected chi connectivity index (χ3v) is 4.77. The average Bonchev–Trinajstić information content (AvgIpc) is 2.70. The van der Waals surface area contributed by atoms with Crippen molar-refractivity contribution < 1.29 is 9.53 Å². The lowest BCUT2D eigenvalue weighted by Gasteiger charge is -2.36. The zero-order valence-corrected chi connectivity index (χ0v) is 16.1. The summed E-state index contributed by atoms with van der Waals surface area (Å²) >= 11 is 0. The summed E-state index contributed by atoms with van der Waals surface area (Å²) in [5.74, 6) is 0.751. The molecule has 0 radical (unpaired) electrons. The molecule has 0 saturated carbocycles. The molecule has 1 N–H and O–H groups in total. The van der Waals surface area contributed by atoms with Crippen LogP contribution in [0.3, 0.4) is 0 Å². The number of rotatable bonds is 8. The zero-order chi connectivity index (χ0) is 18.9. The molecule has 0 unspecified atom stereocenters. The number of carbonyl (C=O) groups is 1. The number of nitrogens with zero attached hydrogens (tertiary/aromatic N) is 2. The van der Waals surface area contributed by atoms with Crippen LogP contribution in [0.25, 0.3) is 0 Å². The summed E-state index contributed by atoms with van der Waals surface area (Å²) in [5.41, 5.74) is 2.05. The van der Waals surface area contributed by atoms with Crippen molar-refractivity contribution in [2.45, 2.75) is 19.8 Å². The van der Waals surface area contributed by atoms with Gasteiger partial charge in [-0.1, -0.05) is 25.1 Å².